The molecule has 2 amide bonds. The predicted molar refractivity (Wildman–Crippen MR) is 127 cm³/mol. The van der Waals surface area contributed by atoms with Crippen LogP contribution in [-0.2, 0) is 9.59 Å². The van der Waals surface area contributed by atoms with Crippen molar-refractivity contribution in [3.05, 3.63) is 68.8 Å². The second-order valence-corrected chi connectivity index (χ2v) is 8.40. The van der Waals surface area contributed by atoms with Crippen molar-refractivity contribution in [1.82, 2.24) is 5.32 Å². The molecule has 2 aromatic rings. The first kappa shape index (κ1) is 23.2. The molecule has 2 aromatic carbocycles. The van der Waals surface area contributed by atoms with E-state index in [2.05, 4.69) is 10.3 Å². The normalized spacial score (nSPS) is 14.5. The maximum atomic E-state index is 13.2. The minimum absolute atomic E-state index is 0.0143. The highest BCUT2D eigenvalue weighted by atomic mass is 35.5. The van der Waals surface area contributed by atoms with E-state index in [0.29, 0.717) is 20.9 Å². The van der Waals surface area contributed by atoms with Crippen molar-refractivity contribution in [3.8, 4) is 6.07 Å². The van der Waals surface area contributed by atoms with Gasteiger partial charge in [-0.1, -0.05) is 64.8 Å². The molecular formula is C21H15Cl3N4O2S. The van der Waals surface area contributed by atoms with E-state index < -0.39 is 5.91 Å². The van der Waals surface area contributed by atoms with Crippen molar-refractivity contribution in [1.29, 1.82) is 5.26 Å². The van der Waals surface area contributed by atoms with Crippen LogP contribution in [0.25, 0.3) is 6.08 Å². The first-order valence-electron chi connectivity index (χ1n) is 9.01. The molecule has 0 bridgehead atoms. The number of nitrogens with zero attached hydrogens (tertiary/aromatic N) is 3. The average Bonchev–Trinajstić information content (AvgIpc) is 3.05. The van der Waals surface area contributed by atoms with Crippen LogP contribution in [0.4, 0.5) is 5.69 Å². The predicted octanol–water partition coefficient (Wildman–Crippen LogP) is 5.15. The molecule has 0 atom stereocenters. The van der Waals surface area contributed by atoms with E-state index in [1.54, 1.807) is 48.5 Å². The first-order chi connectivity index (χ1) is 14.9. The average molecular weight is 494 g/mol. The Morgan fingerprint density at radius 2 is 1.94 bits per heavy atom. The number of nitrogens with one attached hydrogen (secondary N) is 1. The molecule has 1 aliphatic heterocycles. The molecule has 0 aliphatic carbocycles. The Kier molecular flexibility index (Phi) is 7.99. The van der Waals surface area contributed by atoms with Crippen LogP contribution < -0.4 is 10.2 Å². The summed E-state index contributed by atoms with van der Waals surface area (Å²) in [5.41, 5.74) is 1.30. The van der Waals surface area contributed by atoms with Crippen LogP contribution in [0.5, 0.6) is 0 Å². The third kappa shape index (κ3) is 5.81. The Bertz CT molecular complexity index is 1110. The van der Waals surface area contributed by atoms with Gasteiger partial charge in [0.2, 0.25) is 5.91 Å². The molecule has 6 nitrogen and oxygen atoms in total. The van der Waals surface area contributed by atoms with E-state index in [-0.39, 0.29) is 35.3 Å². The van der Waals surface area contributed by atoms with E-state index in [4.69, 9.17) is 40.1 Å². The van der Waals surface area contributed by atoms with Gasteiger partial charge in [0.15, 0.2) is 5.17 Å². The number of amides is 2. The van der Waals surface area contributed by atoms with Gasteiger partial charge >= 0.3 is 0 Å². The molecule has 1 heterocycles. The van der Waals surface area contributed by atoms with Crippen molar-refractivity contribution in [2.45, 2.75) is 6.42 Å². The summed E-state index contributed by atoms with van der Waals surface area (Å²) in [7, 11) is 0. The lowest BCUT2D eigenvalue weighted by molar-refractivity contribution is -0.118. The number of benzene rings is 2. The quantitative estimate of drug-likeness (QED) is 0.445. The van der Waals surface area contributed by atoms with E-state index in [1.807, 2.05) is 6.07 Å². The number of nitriles is 1. The second kappa shape index (κ2) is 10.7. The molecule has 158 valence electrons. The number of thioether (sulfide) groups is 1. The Labute approximate surface area is 198 Å². The maximum Gasteiger partial charge on any atom is 0.283 e. The number of anilines is 1. The highest BCUT2D eigenvalue weighted by molar-refractivity contribution is 8.14. The van der Waals surface area contributed by atoms with Crippen LogP contribution >= 0.6 is 46.6 Å². The lowest BCUT2D eigenvalue weighted by Crippen LogP contribution is -2.32. The zero-order valence-corrected chi connectivity index (χ0v) is 19.0. The summed E-state index contributed by atoms with van der Waals surface area (Å²) in [5.74, 6) is -0.658. The monoisotopic (exact) mass is 492 g/mol. The Hall–Kier alpha value is -2.50. The number of carbonyl (C=O) groups is 2. The molecule has 0 saturated heterocycles. The first-order valence-corrected chi connectivity index (χ1v) is 11.1. The van der Waals surface area contributed by atoms with Gasteiger partial charge in [0.25, 0.3) is 5.91 Å². The van der Waals surface area contributed by atoms with Gasteiger partial charge in [-0.15, -0.1) is 0 Å². The molecule has 0 saturated carbocycles. The highest BCUT2D eigenvalue weighted by Gasteiger charge is 2.34. The summed E-state index contributed by atoms with van der Waals surface area (Å²) >= 11 is 19.5. The van der Waals surface area contributed by atoms with Crippen LogP contribution in [-0.4, -0.2) is 29.3 Å². The number of amidine groups is 1. The fourth-order valence-corrected chi connectivity index (χ4v) is 3.97. The van der Waals surface area contributed by atoms with Gasteiger partial charge in [0.1, 0.15) is 5.70 Å². The summed E-state index contributed by atoms with van der Waals surface area (Å²) in [4.78, 5) is 31.0. The van der Waals surface area contributed by atoms with Gasteiger partial charge < -0.3 is 5.32 Å². The third-order valence-corrected chi connectivity index (χ3v) is 6.07. The van der Waals surface area contributed by atoms with Gasteiger partial charge in [-0.05, 0) is 35.9 Å². The summed E-state index contributed by atoms with van der Waals surface area (Å²) in [6.07, 6.45) is 1.85. The zero-order valence-electron chi connectivity index (χ0n) is 15.9. The van der Waals surface area contributed by atoms with Crippen LogP contribution in [0.15, 0.2) is 53.2 Å². The van der Waals surface area contributed by atoms with Crippen molar-refractivity contribution in [2.75, 3.05) is 17.2 Å². The fraction of sp³-hybridized carbons (Fsp3) is 0.143. The van der Waals surface area contributed by atoms with E-state index in [1.165, 1.54) is 4.90 Å². The molecule has 0 spiro atoms. The minimum Gasteiger partial charge on any atom is -0.354 e. The fourth-order valence-electron chi connectivity index (χ4n) is 2.63. The largest absolute Gasteiger partial charge is 0.354 e. The van der Waals surface area contributed by atoms with Crippen molar-refractivity contribution >= 4 is 75.3 Å². The summed E-state index contributed by atoms with van der Waals surface area (Å²) < 4.78 is 0. The number of hydrogen-bond donors (Lipinski definition) is 1. The maximum absolute atomic E-state index is 13.2. The second-order valence-electron chi connectivity index (χ2n) is 6.24. The number of carbonyl (C=O) groups excluding carboxylic acids is 2. The molecule has 31 heavy (non-hydrogen) atoms. The molecule has 0 aromatic heterocycles. The molecule has 1 N–H and O–H groups in total. The van der Waals surface area contributed by atoms with E-state index >= 15 is 0 Å². The van der Waals surface area contributed by atoms with E-state index in [0.717, 1.165) is 17.3 Å². The van der Waals surface area contributed by atoms with Crippen LogP contribution in [0.1, 0.15) is 12.0 Å². The number of aliphatic imine (C=N–C) groups is 1. The van der Waals surface area contributed by atoms with Gasteiger partial charge in [-0.25, -0.2) is 4.99 Å². The van der Waals surface area contributed by atoms with Crippen molar-refractivity contribution < 1.29 is 9.59 Å². The van der Waals surface area contributed by atoms with Gasteiger partial charge in [-0.3, -0.25) is 14.5 Å². The molecule has 10 heteroatoms. The topological polar surface area (TPSA) is 85.6 Å². The third-order valence-electron chi connectivity index (χ3n) is 4.07. The van der Waals surface area contributed by atoms with Crippen LogP contribution in [0.2, 0.25) is 15.1 Å². The summed E-state index contributed by atoms with van der Waals surface area (Å²) in [5, 5.41) is 12.6. The number of rotatable bonds is 6. The Morgan fingerprint density at radius 1 is 1.19 bits per heavy atom. The number of hydrogen-bond acceptors (Lipinski definition) is 5. The molecule has 0 fully saturated rings. The standard InChI is InChI=1S/C21H15Cl3N4O2S/c22-14-7-5-13(6-8-14)11-16-20(30)28(17-4-1-3-15(23)19(17)24)21(27-16)31-12-18(29)26-10-2-9-25/h1,3-8,11H,2,10,12H2,(H,26,29)/b16-11-. The summed E-state index contributed by atoms with van der Waals surface area (Å²) in [6.45, 7) is 0.257. The molecule has 0 radical (unpaired) electrons. The smallest absolute Gasteiger partial charge is 0.283 e. The van der Waals surface area contributed by atoms with Gasteiger partial charge in [0, 0.05) is 11.6 Å². The highest BCUT2D eigenvalue weighted by Crippen LogP contribution is 2.37. The minimum atomic E-state index is -0.397. The van der Waals surface area contributed by atoms with E-state index in [9.17, 15) is 9.59 Å². The molecule has 0 unspecified atom stereocenters. The molecule has 3 rings (SSSR count). The van der Waals surface area contributed by atoms with Crippen molar-refractivity contribution in [2.24, 2.45) is 4.99 Å². The lowest BCUT2D eigenvalue weighted by atomic mass is 10.2. The Morgan fingerprint density at radius 3 is 2.65 bits per heavy atom. The Balaban J connectivity index is 1.90. The SMILES string of the molecule is N#CCCNC(=O)CSC1=N/C(=C\c2ccc(Cl)cc2)C(=O)N1c1cccc(Cl)c1Cl. The van der Waals surface area contributed by atoms with Gasteiger partial charge in [0.05, 0.1) is 34.0 Å². The lowest BCUT2D eigenvalue weighted by Gasteiger charge is -2.19. The summed E-state index contributed by atoms with van der Waals surface area (Å²) in [6, 6.07) is 13.9. The van der Waals surface area contributed by atoms with Crippen LogP contribution in [0, 0.1) is 11.3 Å². The van der Waals surface area contributed by atoms with Gasteiger partial charge in [-0.2, -0.15) is 5.26 Å². The van der Waals surface area contributed by atoms with Crippen LogP contribution in [0.3, 0.4) is 0 Å². The molecular weight excluding hydrogens is 479 g/mol. The zero-order chi connectivity index (χ0) is 22.4. The molecule has 1 aliphatic rings. The number of halogens is 3. The van der Waals surface area contributed by atoms with Crippen molar-refractivity contribution in [3.63, 3.8) is 0 Å².